The monoisotopic (exact) mass is 267 g/mol. The van der Waals surface area contributed by atoms with Crippen molar-refractivity contribution < 1.29 is 0 Å². The van der Waals surface area contributed by atoms with E-state index in [2.05, 4.69) is 9.98 Å². The fourth-order valence-electron chi connectivity index (χ4n) is 1.88. The average molecular weight is 267 g/mol. The zero-order valence-corrected chi connectivity index (χ0v) is 11.2. The van der Waals surface area contributed by atoms with E-state index in [1.54, 1.807) is 19.5 Å². The largest absolute Gasteiger partial charge is 0.404 e. The zero-order chi connectivity index (χ0) is 14.5. The van der Waals surface area contributed by atoms with Crippen LogP contribution in [0.5, 0.6) is 0 Å². The lowest BCUT2D eigenvalue weighted by atomic mass is 10.0. The smallest absolute Gasteiger partial charge is 0.131 e. The number of anilines is 2. The van der Waals surface area contributed by atoms with Crippen LogP contribution in [0, 0.1) is 0 Å². The fraction of sp³-hybridized carbons (Fsp3) is 0.0667. The molecule has 5 nitrogen and oxygen atoms in total. The highest BCUT2D eigenvalue weighted by molar-refractivity contribution is 6.09. The van der Waals surface area contributed by atoms with E-state index >= 15 is 0 Å². The molecule has 1 heterocycles. The number of allylic oxidation sites excluding steroid dienone is 1. The summed E-state index contributed by atoms with van der Waals surface area (Å²) < 4.78 is 0. The van der Waals surface area contributed by atoms with E-state index < -0.39 is 0 Å². The van der Waals surface area contributed by atoms with Gasteiger partial charge in [0.1, 0.15) is 5.82 Å². The number of pyridine rings is 1. The molecule has 1 aromatic heterocycles. The Labute approximate surface area is 117 Å². The van der Waals surface area contributed by atoms with E-state index in [-0.39, 0.29) is 0 Å². The molecule has 0 saturated carbocycles. The minimum atomic E-state index is 0.461. The van der Waals surface area contributed by atoms with Gasteiger partial charge in [-0.25, -0.2) is 4.98 Å². The SMILES string of the molecule is CN=C/C(=C\N)c1cnc(N)c(-c2ccc(N)cc2)c1. The maximum atomic E-state index is 5.95. The van der Waals surface area contributed by atoms with Crippen molar-refractivity contribution in [1.29, 1.82) is 0 Å². The van der Waals surface area contributed by atoms with Crippen LogP contribution in [0.25, 0.3) is 16.7 Å². The summed E-state index contributed by atoms with van der Waals surface area (Å²) in [5.41, 5.74) is 21.4. The second kappa shape index (κ2) is 5.88. The molecule has 102 valence electrons. The van der Waals surface area contributed by atoms with Gasteiger partial charge in [-0.3, -0.25) is 4.99 Å². The highest BCUT2D eigenvalue weighted by Gasteiger charge is 2.07. The van der Waals surface area contributed by atoms with Gasteiger partial charge in [0, 0.05) is 48.0 Å². The molecule has 6 N–H and O–H groups in total. The van der Waals surface area contributed by atoms with E-state index in [0.717, 1.165) is 22.3 Å². The molecule has 0 aliphatic carbocycles. The van der Waals surface area contributed by atoms with Crippen molar-refractivity contribution in [3.63, 3.8) is 0 Å². The second-order valence-corrected chi connectivity index (χ2v) is 4.29. The summed E-state index contributed by atoms with van der Waals surface area (Å²) in [5, 5.41) is 0. The molecule has 0 saturated heterocycles. The number of rotatable bonds is 3. The fourth-order valence-corrected chi connectivity index (χ4v) is 1.88. The van der Waals surface area contributed by atoms with E-state index in [4.69, 9.17) is 17.2 Å². The molecule has 0 aliphatic heterocycles. The Morgan fingerprint density at radius 3 is 2.50 bits per heavy atom. The van der Waals surface area contributed by atoms with Gasteiger partial charge in [0.25, 0.3) is 0 Å². The maximum Gasteiger partial charge on any atom is 0.131 e. The first-order valence-electron chi connectivity index (χ1n) is 6.11. The van der Waals surface area contributed by atoms with Crippen LogP contribution in [0.1, 0.15) is 5.56 Å². The van der Waals surface area contributed by atoms with Crippen LogP contribution in [-0.2, 0) is 0 Å². The summed E-state index contributed by atoms with van der Waals surface area (Å²) in [6, 6.07) is 9.41. The third-order valence-electron chi connectivity index (χ3n) is 2.92. The number of hydrogen-bond acceptors (Lipinski definition) is 5. The molecule has 0 aliphatic rings. The summed E-state index contributed by atoms with van der Waals surface area (Å²) in [5.74, 6) is 0.461. The molecular formula is C15H17N5. The van der Waals surface area contributed by atoms with Crippen LogP contribution in [0.3, 0.4) is 0 Å². The number of aromatic nitrogens is 1. The Balaban J connectivity index is 2.51. The summed E-state index contributed by atoms with van der Waals surface area (Å²) in [4.78, 5) is 8.19. The molecule has 2 rings (SSSR count). The van der Waals surface area contributed by atoms with Gasteiger partial charge >= 0.3 is 0 Å². The normalized spacial score (nSPS) is 11.9. The van der Waals surface area contributed by atoms with Crippen molar-refractivity contribution in [2.75, 3.05) is 18.5 Å². The first kappa shape index (κ1) is 13.6. The molecule has 0 atom stereocenters. The Morgan fingerprint density at radius 1 is 1.20 bits per heavy atom. The first-order chi connectivity index (χ1) is 9.65. The van der Waals surface area contributed by atoms with Gasteiger partial charge in [0.05, 0.1) is 0 Å². The minimum Gasteiger partial charge on any atom is -0.404 e. The first-order valence-corrected chi connectivity index (χ1v) is 6.11. The molecule has 20 heavy (non-hydrogen) atoms. The summed E-state index contributed by atoms with van der Waals surface area (Å²) >= 11 is 0. The number of benzene rings is 1. The Morgan fingerprint density at radius 2 is 1.90 bits per heavy atom. The predicted octanol–water partition coefficient (Wildman–Crippen LogP) is 1.91. The number of nitrogens with zero attached hydrogens (tertiary/aromatic N) is 2. The molecule has 0 radical (unpaired) electrons. The van der Waals surface area contributed by atoms with Crippen LogP contribution in [0.15, 0.2) is 47.7 Å². The van der Waals surface area contributed by atoms with Gasteiger partial charge in [-0.15, -0.1) is 0 Å². The third kappa shape index (κ3) is 2.77. The molecule has 2 aromatic rings. The summed E-state index contributed by atoms with van der Waals surface area (Å²) in [6.45, 7) is 0. The van der Waals surface area contributed by atoms with Crippen molar-refractivity contribution in [3.05, 3.63) is 48.3 Å². The topological polar surface area (TPSA) is 103 Å². The molecule has 5 heteroatoms. The highest BCUT2D eigenvalue weighted by atomic mass is 14.8. The van der Waals surface area contributed by atoms with Gasteiger partial charge in [0.2, 0.25) is 0 Å². The van der Waals surface area contributed by atoms with E-state index in [9.17, 15) is 0 Å². The average Bonchev–Trinajstić information content (AvgIpc) is 2.46. The van der Waals surface area contributed by atoms with Crippen LogP contribution >= 0.6 is 0 Å². The van der Waals surface area contributed by atoms with Crippen molar-refractivity contribution in [2.45, 2.75) is 0 Å². The van der Waals surface area contributed by atoms with E-state index in [1.165, 1.54) is 6.20 Å². The summed E-state index contributed by atoms with van der Waals surface area (Å²) in [7, 11) is 1.69. The maximum absolute atomic E-state index is 5.95. The Bertz CT molecular complexity index is 656. The Kier molecular flexibility index (Phi) is 4.00. The van der Waals surface area contributed by atoms with E-state index in [0.29, 0.717) is 11.5 Å². The standard InChI is InChI=1S/C15H17N5/c1-19-8-12(7-16)11-6-14(15(18)20-9-11)10-2-4-13(17)5-3-10/h2-9H,16-17H2,1H3,(H2,18,20)/b12-7+,19-8?. The molecule has 0 amide bonds. The highest BCUT2D eigenvalue weighted by Crippen LogP contribution is 2.27. The van der Waals surface area contributed by atoms with Crippen LogP contribution in [-0.4, -0.2) is 18.2 Å². The van der Waals surface area contributed by atoms with Crippen molar-refractivity contribution in [1.82, 2.24) is 4.98 Å². The lowest BCUT2D eigenvalue weighted by molar-refractivity contribution is 1.32. The number of aliphatic imine (C=N–C) groups is 1. The molecule has 0 fully saturated rings. The molecule has 0 unspecified atom stereocenters. The lowest BCUT2D eigenvalue weighted by Crippen LogP contribution is -1.98. The van der Waals surface area contributed by atoms with Crippen molar-refractivity contribution >= 4 is 23.3 Å². The van der Waals surface area contributed by atoms with Crippen molar-refractivity contribution in [2.24, 2.45) is 10.7 Å². The van der Waals surface area contributed by atoms with Gasteiger partial charge in [-0.05, 0) is 23.8 Å². The van der Waals surface area contributed by atoms with Gasteiger partial charge < -0.3 is 17.2 Å². The van der Waals surface area contributed by atoms with Gasteiger partial charge in [0.15, 0.2) is 0 Å². The van der Waals surface area contributed by atoms with Gasteiger partial charge in [-0.1, -0.05) is 12.1 Å². The van der Waals surface area contributed by atoms with Crippen LogP contribution in [0.4, 0.5) is 11.5 Å². The molecule has 0 spiro atoms. The lowest BCUT2D eigenvalue weighted by Gasteiger charge is -2.09. The Hall–Kier alpha value is -2.82. The zero-order valence-electron chi connectivity index (χ0n) is 11.2. The van der Waals surface area contributed by atoms with E-state index in [1.807, 2.05) is 30.3 Å². The second-order valence-electron chi connectivity index (χ2n) is 4.29. The third-order valence-corrected chi connectivity index (χ3v) is 2.92. The number of nitrogen functional groups attached to an aromatic ring is 2. The van der Waals surface area contributed by atoms with Crippen molar-refractivity contribution in [3.8, 4) is 11.1 Å². The summed E-state index contributed by atoms with van der Waals surface area (Å²) in [6.07, 6.45) is 4.85. The van der Waals surface area contributed by atoms with Crippen LogP contribution in [0.2, 0.25) is 0 Å². The van der Waals surface area contributed by atoms with Gasteiger partial charge in [-0.2, -0.15) is 0 Å². The number of nitrogens with two attached hydrogens (primary N) is 3. The molecule has 1 aromatic carbocycles. The quantitative estimate of drug-likeness (QED) is 0.583. The predicted molar refractivity (Wildman–Crippen MR) is 85.1 cm³/mol. The molecular weight excluding hydrogens is 250 g/mol. The minimum absolute atomic E-state index is 0.461. The molecule has 0 bridgehead atoms. The van der Waals surface area contributed by atoms with Crippen LogP contribution < -0.4 is 17.2 Å². The number of hydrogen-bond donors (Lipinski definition) is 3.